The predicted octanol–water partition coefficient (Wildman–Crippen LogP) is 1.42. The van der Waals surface area contributed by atoms with E-state index in [9.17, 15) is 9.59 Å². The topological polar surface area (TPSA) is 123 Å². The van der Waals surface area contributed by atoms with Crippen LogP contribution in [0.25, 0.3) is 11.5 Å². The van der Waals surface area contributed by atoms with Crippen LogP contribution in [0.15, 0.2) is 41.4 Å². The van der Waals surface area contributed by atoms with Crippen molar-refractivity contribution in [2.24, 2.45) is 7.05 Å². The van der Waals surface area contributed by atoms with Gasteiger partial charge in [-0.3, -0.25) is 14.5 Å². The Morgan fingerprint density at radius 2 is 2.04 bits per heavy atom. The normalized spacial score (nSPS) is 10.5. The molecule has 0 fully saturated rings. The molecular weight excluding hydrogens is 302 g/mol. The third kappa shape index (κ3) is 2.93. The molecular formula is C14H11N5O4. The molecule has 2 N–H and O–H groups in total. The Balaban J connectivity index is 1.82. The molecule has 0 aromatic carbocycles. The number of amides is 1. The number of aromatic carboxylic acids is 1. The second-order valence-electron chi connectivity index (χ2n) is 4.60. The van der Waals surface area contributed by atoms with Crippen molar-refractivity contribution in [1.82, 2.24) is 19.7 Å². The van der Waals surface area contributed by atoms with Gasteiger partial charge in [0, 0.05) is 31.2 Å². The van der Waals surface area contributed by atoms with Crippen molar-refractivity contribution >= 4 is 17.6 Å². The van der Waals surface area contributed by atoms with Gasteiger partial charge in [-0.1, -0.05) is 0 Å². The van der Waals surface area contributed by atoms with Gasteiger partial charge in [-0.25, -0.2) is 9.78 Å². The quantitative estimate of drug-likeness (QED) is 0.746. The van der Waals surface area contributed by atoms with Crippen molar-refractivity contribution in [3.05, 3.63) is 48.4 Å². The van der Waals surface area contributed by atoms with Crippen LogP contribution in [0.2, 0.25) is 0 Å². The average Bonchev–Trinajstić information content (AvgIpc) is 3.15. The number of hydrogen-bond acceptors (Lipinski definition) is 6. The maximum absolute atomic E-state index is 12.2. The van der Waals surface area contributed by atoms with Gasteiger partial charge < -0.3 is 14.8 Å². The standard InChI is InChI=1S/C14H11N5O4/c1-19-6-9(11(18-19)14(21)22)16-12(20)10-7-23-13(17-10)8-2-4-15-5-3-8/h2-7H,1H3,(H,16,20)(H,21,22). The summed E-state index contributed by atoms with van der Waals surface area (Å²) in [7, 11) is 1.56. The van der Waals surface area contributed by atoms with E-state index in [1.165, 1.54) is 17.1 Å². The van der Waals surface area contributed by atoms with E-state index in [0.717, 1.165) is 0 Å². The number of anilines is 1. The molecule has 0 saturated heterocycles. The highest BCUT2D eigenvalue weighted by molar-refractivity contribution is 6.06. The number of carbonyl (C=O) groups excluding carboxylic acids is 1. The molecule has 0 bridgehead atoms. The first-order valence-corrected chi connectivity index (χ1v) is 6.49. The van der Waals surface area contributed by atoms with Crippen LogP contribution in [0.5, 0.6) is 0 Å². The third-order valence-corrected chi connectivity index (χ3v) is 2.94. The van der Waals surface area contributed by atoms with Crippen molar-refractivity contribution in [3.63, 3.8) is 0 Å². The molecule has 0 unspecified atom stereocenters. The fourth-order valence-corrected chi connectivity index (χ4v) is 1.93. The zero-order valence-electron chi connectivity index (χ0n) is 11.9. The minimum Gasteiger partial charge on any atom is -0.476 e. The van der Waals surface area contributed by atoms with E-state index in [4.69, 9.17) is 9.52 Å². The molecule has 0 aliphatic heterocycles. The molecule has 3 aromatic rings. The number of aromatic nitrogens is 4. The molecule has 0 saturated carbocycles. The number of pyridine rings is 1. The number of nitrogens with one attached hydrogen (secondary N) is 1. The lowest BCUT2D eigenvalue weighted by Gasteiger charge is -1.99. The van der Waals surface area contributed by atoms with Crippen molar-refractivity contribution in [2.45, 2.75) is 0 Å². The van der Waals surface area contributed by atoms with E-state index >= 15 is 0 Å². The summed E-state index contributed by atoms with van der Waals surface area (Å²) in [4.78, 5) is 31.2. The molecule has 0 radical (unpaired) electrons. The van der Waals surface area contributed by atoms with Crippen molar-refractivity contribution in [1.29, 1.82) is 0 Å². The summed E-state index contributed by atoms with van der Waals surface area (Å²) < 4.78 is 6.55. The second kappa shape index (κ2) is 5.72. The SMILES string of the molecule is Cn1cc(NC(=O)c2coc(-c3ccncc3)n2)c(C(=O)O)n1. The Kier molecular flexibility index (Phi) is 3.59. The van der Waals surface area contributed by atoms with Gasteiger partial charge in [0.1, 0.15) is 6.26 Å². The lowest BCUT2D eigenvalue weighted by molar-refractivity contribution is 0.0690. The number of oxazole rings is 1. The number of rotatable bonds is 4. The fraction of sp³-hybridized carbons (Fsp3) is 0.0714. The van der Waals surface area contributed by atoms with Crippen LogP contribution in [0.1, 0.15) is 21.0 Å². The minimum atomic E-state index is -1.24. The monoisotopic (exact) mass is 313 g/mol. The zero-order valence-corrected chi connectivity index (χ0v) is 11.9. The molecule has 0 atom stereocenters. The van der Waals surface area contributed by atoms with E-state index in [1.54, 1.807) is 31.6 Å². The van der Waals surface area contributed by atoms with Crippen molar-refractivity contribution in [2.75, 3.05) is 5.32 Å². The van der Waals surface area contributed by atoms with Gasteiger partial charge >= 0.3 is 5.97 Å². The lowest BCUT2D eigenvalue weighted by atomic mass is 10.3. The van der Waals surface area contributed by atoms with Gasteiger partial charge in [0.05, 0.1) is 5.69 Å². The average molecular weight is 313 g/mol. The zero-order chi connectivity index (χ0) is 16.4. The number of nitrogens with zero attached hydrogens (tertiary/aromatic N) is 4. The highest BCUT2D eigenvalue weighted by Gasteiger charge is 2.19. The first-order chi connectivity index (χ1) is 11.0. The number of carboxylic acids is 1. The van der Waals surface area contributed by atoms with Crippen molar-refractivity contribution < 1.29 is 19.1 Å². The fourth-order valence-electron chi connectivity index (χ4n) is 1.93. The molecule has 116 valence electrons. The predicted molar refractivity (Wildman–Crippen MR) is 77.9 cm³/mol. The van der Waals surface area contributed by atoms with Crippen LogP contribution >= 0.6 is 0 Å². The molecule has 0 spiro atoms. The molecule has 0 aliphatic carbocycles. The van der Waals surface area contributed by atoms with E-state index in [-0.39, 0.29) is 23.0 Å². The summed E-state index contributed by atoms with van der Waals surface area (Å²) >= 11 is 0. The highest BCUT2D eigenvalue weighted by Crippen LogP contribution is 2.19. The van der Waals surface area contributed by atoms with Crippen LogP contribution in [0.4, 0.5) is 5.69 Å². The number of carbonyl (C=O) groups is 2. The van der Waals surface area contributed by atoms with Crippen LogP contribution in [-0.4, -0.2) is 36.7 Å². The summed E-state index contributed by atoms with van der Waals surface area (Å²) in [5.74, 6) is -1.56. The van der Waals surface area contributed by atoms with Crippen molar-refractivity contribution in [3.8, 4) is 11.5 Å². The Morgan fingerprint density at radius 3 is 2.74 bits per heavy atom. The lowest BCUT2D eigenvalue weighted by Crippen LogP contribution is -2.14. The van der Waals surface area contributed by atoms with Crippen LogP contribution in [0.3, 0.4) is 0 Å². The first kappa shape index (κ1) is 14.4. The third-order valence-electron chi connectivity index (χ3n) is 2.94. The van der Waals surface area contributed by atoms with E-state index in [2.05, 4.69) is 20.4 Å². The Labute approximate surface area is 129 Å². The first-order valence-electron chi connectivity index (χ1n) is 6.49. The summed E-state index contributed by atoms with van der Waals surface area (Å²) in [5, 5.41) is 15.3. The highest BCUT2D eigenvalue weighted by atomic mass is 16.4. The van der Waals surface area contributed by atoms with Gasteiger partial charge in [-0.05, 0) is 12.1 Å². The maximum Gasteiger partial charge on any atom is 0.358 e. The second-order valence-corrected chi connectivity index (χ2v) is 4.60. The summed E-state index contributed by atoms with van der Waals surface area (Å²) in [6.45, 7) is 0. The summed E-state index contributed by atoms with van der Waals surface area (Å²) in [6.07, 6.45) is 5.75. The minimum absolute atomic E-state index is 0.0250. The molecule has 3 rings (SSSR count). The van der Waals surface area contributed by atoms with Crippen LogP contribution in [-0.2, 0) is 7.05 Å². The van der Waals surface area contributed by atoms with E-state index in [0.29, 0.717) is 5.56 Å². The van der Waals surface area contributed by atoms with Gasteiger partial charge in [0.2, 0.25) is 5.89 Å². The van der Waals surface area contributed by atoms with E-state index < -0.39 is 11.9 Å². The summed E-state index contributed by atoms with van der Waals surface area (Å²) in [6, 6.07) is 3.38. The number of hydrogen-bond donors (Lipinski definition) is 2. The van der Waals surface area contributed by atoms with Gasteiger partial charge in [0.15, 0.2) is 11.4 Å². The Bertz CT molecular complexity index is 868. The van der Waals surface area contributed by atoms with E-state index in [1.807, 2.05) is 0 Å². The van der Waals surface area contributed by atoms with Gasteiger partial charge in [0.25, 0.3) is 5.91 Å². The Hall–Kier alpha value is -3.49. The molecule has 0 aliphatic rings. The van der Waals surface area contributed by atoms with Gasteiger partial charge in [-0.15, -0.1) is 0 Å². The van der Waals surface area contributed by atoms with Crippen LogP contribution in [0, 0.1) is 0 Å². The molecule has 23 heavy (non-hydrogen) atoms. The Morgan fingerprint density at radius 1 is 1.30 bits per heavy atom. The molecule has 3 heterocycles. The maximum atomic E-state index is 12.2. The largest absolute Gasteiger partial charge is 0.476 e. The molecule has 3 aromatic heterocycles. The molecule has 9 heteroatoms. The molecule has 9 nitrogen and oxygen atoms in total. The smallest absolute Gasteiger partial charge is 0.358 e. The summed E-state index contributed by atoms with van der Waals surface area (Å²) in [5.41, 5.74) is 0.529. The van der Waals surface area contributed by atoms with Gasteiger partial charge in [-0.2, -0.15) is 5.10 Å². The van der Waals surface area contributed by atoms with Crippen LogP contribution < -0.4 is 5.32 Å². The number of carboxylic acid groups (broad SMARTS) is 1. The molecule has 1 amide bonds. The number of aryl methyl sites for hydroxylation is 1.